The molecule has 0 fully saturated rings. The summed E-state index contributed by atoms with van der Waals surface area (Å²) in [5, 5.41) is 9.21. The Kier molecular flexibility index (Phi) is 3.02. The van der Waals surface area contributed by atoms with Gasteiger partial charge < -0.3 is 5.32 Å². The van der Waals surface area contributed by atoms with Gasteiger partial charge in [0.1, 0.15) is 0 Å². The molecule has 17 heavy (non-hydrogen) atoms. The average molecular weight is 249 g/mol. The quantitative estimate of drug-likeness (QED) is 0.859. The third-order valence-electron chi connectivity index (χ3n) is 2.33. The molecule has 2 N–H and O–H groups in total. The van der Waals surface area contributed by atoms with Crippen molar-refractivity contribution in [2.24, 2.45) is 0 Å². The minimum absolute atomic E-state index is 0.0822. The first kappa shape index (κ1) is 11.9. The normalized spacial score (nSPS) is 11.5. The molecule has 0 aliphatic rings. The highest BCUT2D eigenvalue weighted by Crippen LogP contribution is 2.29. The molecule has 5 heteroatoms. The maximum absolute atomic E-state index is 11.9. The van der Waals surface area contributed by atoms with E-state index in [9.17, 15) is 4.79 Å². The Morgan fingerprint density at radius 2 is 2.18 bits per heavy atom. The van der Waals surface area contributed by atoms with Crippen molar-refractivity contribution in [2.75, 3.05) is 5.32 Å². The predicted molar refractivity (Wildman–Crippen MR) is 69.6 cm³/mol. The van der Waals surface area contributed by atoms with Gasteiger partial charge in [-0.05, 0) is 17.5 Å². The van der Waals surface area contributed by atoms with Gasteiger partial charge in [0, 0.05) is 11.1 Å². The summed E-state index contributed by atoms with van der Waals surface area (Å²) in [6, 6.07) is 3.87. The van der Waals surface area contributed by atoms with Gasteiger partial charge in [-0.15, -0.1) is 11.3 Å². The number of amides is 1. The molecule has 0 spiro atoms. The van der Waals surface area contributed by atoms with Crippen LogP contribution in [0.5, 0.6) is 0 Å². The minimum atomic E-state index is -0.0908. The summed E-state index contributed by atoms with van der Waals surface area (Å²) in [4.78, 5) is 13.8. The molecule has 2 rings (SSSR count). The summed E-state index contributed by atoms with van der Waals surface area (Å²) < 4.78 is 0. The van der Waals surface area contributed by atoms with Gasteiger partial charge in [-0.3, -0.25) is 9.89 Å². The van der Waals surface area contributed by atoms with E-state index in [1.807, 2.05) is 12.1 Å². The maximum atomic E-state index is 11.9. The zero-order valence-electron chi connectivity index (χ0n) is 10.1. The molecular weight excluding hydrogens is 234 g/mol. The SMILES string of the molecule is CC(C)(C)c1ccc(C(=O)Nc2cn[nH]c2)s1. The number of H-pyrrole nitrogens is 1. The number of nitrogens with one attached hydrogen (secondary N) is 2. The van der Waals surface area contributed by atoms with Gasteiger partial charge in [0.15, 0.2) is 0 Å². The van der Waals surface area contributed by atoms with E-state index < -0.39 is 0 Å². The van der Waals surface area contributed by atoms with Crippen LogP contribution in [0.2, 0.25) is 0 Å². The predicted octanol–water partition coefficient (Wildman–Crippen LogP) is 3.02. The van der Waals surface area contributed by atoms with E-state index in [-0.39, 0.29) is 11.3 Å². The Morgan fingerprint density at radius 3 is 2.71 bits per heavy atom. The van der Waals surface area contributed by atoms with Gasteiger partial charge in [0.2, 0.25) is 0 Å². The molecule has 0 aliphatic carbocycles. The van der Waals surface area contributed by atoms with E-state index in [0.717, 1.165) is 4.88 Å². The fourth-order valence-electron chi connectivity index (χ4n) is 1.37. The lowest BCUT2D eigenvalue weighted by Crippen LogP contribution is -2.10. The minimum Gasteiger partial charge on any atom is -0.319 e. The highest BCUT2D eigenvalue weighted by molar-refractivity contribution is 7.14. The standard InChI is InChI=1S/C12H15N3OS/c1-12(2,3)10-5-4-9(17-10)11(16)15-8-6-13-14-7-8/h4-7H,1-3H3,(H,13,14)(H,15,16). The molecule has 0 unspecified atom stereocenters. The first-order valence-electron chi connectivity index (χ1n) is 5.37. The zero-order valence-corrected chi connectivity index (χ0v) is 10.9. The first-order valence-corrected chi connectivity index (χ1v) is 6.19. The Balaban J connectivity index is 2.13. The van der Waals surface area contributed by atoms with Crippen molar-refractivity contribution >= 4 is 22.9 Å². The largest absolute Gasteiger partial charge is 0.319 e. The van der Waals surface area contributed by atoms with Crippen molar-refractivity contribution < 1.29 is 4.79 Å². The lowest BCUT2D eigenvalue weighted by Gasteiger charge is -2.15. The van der Waals surface area contributed by atoms with Crippen LogP contribution in [0.4, 0.5) is 5.69 Å². The van der Waals surface area contributed by atoms with Gasteiger partial charge in [-0.25, -0.2) is 0 Å². The van der Waals surface area contributed by atoms with Crippen molar-refractivity contribution in [3.63, 3.8) is 0 Å². The molecule has 90 valence electrons. The second-order valence-corrected chi connectivity index (χ2v) is 5.94. The van der Waals surface area contributed by atoms with E-state index in [0.29, 0.717) is 5.69 Å². The van der Waals surface area contributed by atoms with E-state index >= 15 is 0 Å². The molecule has 2 aromatic heterocycles. The monoisotopic (exact) mass is 249 g/mol. The summed E-state index contributed by atoms with van der Waals surface area (Å²) in [5.74, 6) is -0.0908. The van der Waals surface area contributed by atoms with Crippen molar-refractivity contribution in [1.82, 2.24) is 10.2 Å². The van der Waals surface area contributed by atoms with Crippen LogP contribution in [-0.4, -0.2) is 16.1 Å². The van der Waals surface area contributed by atoms with E-state index in [1.165, 1.54) is 16.2 Å². The van der Waals surface area contributed by atoms with E-state index in [2.05, 4.69) is 36.3 Å². The van der Waals surface area contributed by atoms with Crippen molar-refractivity contribution in [3.8, 4) is 0 Å². The van der Waals surface area contributed by atoms with E-state index in [4.69, 9.17) is 0 Å². The van der Waals surface area contributed by atoms with Crippen LogP contribution in [0, 0.1) is 0 Å². The lowest BCUT2D eigenvalue weighted by atomic mass is 9.95. The van der Waals surface area contributed by atoms with Crippen LogP contribution in [0.1, 0.15) is 35.3 Å². The summed E-state index contributed by atoms with van der Waals surface area (Å²) >= 11 is 1.53. The number of aromatic nitrogens is 2. The van der Waals surface area contributed by atoms with E-state index in [1.54, 1.807) is 12.4 Å². The number of carbonyl (C=O) groups excluding carboxylic acids is 1. The van der Waals surface area contributed by atoms with Gasteiger partial charge in [-0.2, -0.15) is 5.10 Å². The molecule has 0 aromatic carbocycles. The summed E-state index contributed by atoms with van der Waals surface area (Å²) in [6.07, 6.45) is 3.23. The molecular formula is C12H15N3OS. The number of thiophene rings is 1. The molecule has 2 heterocycles. The summed E-state index contributed by atoms with van der Waals surface area (Å²) in [7, 11) is 0. The molecule has 0 bridgehead atoms. The lowest BCUT2D eigenvalue weighted by molar-refractivity contribution is 0.103. The molecule has 4 nitrogen and oxygen atoms in total. The van der Waals surface area contributed by atoms with Gasteiger partial charge in [-0.1, -0.05) is 20.8 Å². The topological polar surface area (TPSA) is 57.8 Å². The smallest absolute Gasteiger partial charge is 0.265 e. The third-order valence-corrected chi connectivity index (χ3v) is 3.83. The number of nitrogens with zero attached hydrogens (tertiary/aromatic N) is 1. The second kappa shape index (κ2) is 4.33. The zero-order chi connectivity index (χ0) is 12.5. The van der Waals surface area contributed by atoms with Gasteiger partial charge >= 0.3 is 0 Å². The molecule has 0 saturated carbocycles. The number of carbonyl (C=O) groups is 1. The third kappa shape index (κ3) is 2.74. The van der Waals surface area contributed by atoms with Crippen LogP contribution in [0.3, 0.4) is 0 Å². The Labute approximate surface area is 104 Å². The summed E-state index contributed by atoms with van der Waals surface area (Å²) in [6.45, 7) is 6.41. The fourth-order valence-corrected chi connectivity index (χ4v) is 2.33. The molecule has 2 aromatic rings. The molecule has 0 radical (unpaired) electrons. The summed E-state index contributed by atoms with van der Waals surface area (Å²) in [5.41, 5.74) is 0.763. The fraction of sp³-hybridized carbons (Fsp3) is 0.333. The Morgan fingerprint density at radius 1 is 1.41 bits per heavy atom. The maximum Gasteiger partial charge on any atom is 0.265 e. The number of anilines is 1. The van der Waals surface area contributed by atoms with Crippen LogP contribution >= 0.6 is 11.3 Å². The van der Waals surface area contributed by atoms with Gasteiger partial charge in [0.25, 0.3) is 5.91 Å². The number of rotatable bonds is 2. The second-order valence-electron chi connectivity index (χ2n) is 4.85. The number of hydrogen-bond acceptors (Lipinski definition) is 3. The molecule has 0 aliphatic heterocycles. The van der Waals surface area contributed by atoms with Crippen molar-refractivity contribution in [3.05, 3.63) is 34.3 Å². The van der Waals surface area contributed by atoms with Crippen LogP contribution < -0.4 is 5.32 Å². The Hall–Kier alpha value is -1.62. The highest BCUT2D eigenvalue weighted by Gasteiger charge is 2.18. The van der Waals surface area contributed by atoms with Crippen LogP contribution in [0.15, 0.2) is 24.5 Å². The molecule has 1 amide bonds. The first-order chi connectivity index (χ1) is 7.97. The number of hydrogen-bond donors (Lipinski definition) is 2. The van der Waals surface area contributed by atoms with Crippen molar-refractivity contribution in [2.45, 2.75) is 26.2 Å². The molecule has 0 saturated heterocycles. The number of aromatic amines is 1. The van der Waals surface area contributed by atoms with Crippen LogP contribution in [-0.2, 0) is 5.41 Å². The van der Waals surface area contributed by atoms with Crippen molar-refractivity contribution in [1.29, 1.82) is 0 Å². The highest BCUT2D eigenvalue weighted by atomic mass is 32.1. The van der Waals surface area contributed by atoms with Crippen LogP contribution in [0.25, 0.3) is 0 Å². The van der Waals surface area contributed by atoms with Gasteiger partial charge in [0.05, 0.1) is 16.8 Å². The average Bonchev–Trinajstić information content (AvgIpc) is 2.85. The Bertz CT molecular complexity index is 508. The molecule has 0 atom stereocenters.